The van der Waals surface area contributed by atoms with E-state index in [0.29, 0.717) is 30.1 Å². The average Bonchev–Trinajstić information content (AvgIpc) is 3.27. The Labute approximate surface area is 212 Å². The van der Waals surface area contributed by atoms with Crippen molar-refractivity contribution in [2.45, 2.75) is 6.04 Å². The van der Waals surface area contributed by atoms with Crippen molar-refractivity contribution in [3.8, 4) is 5.69 Å². The van der Waals surface area contributed by atoms with Crippen LogP contribution in [0.1, 0.15) is 10.4 Å². The van der Waals surface area contributed by atoms with Crippen LogP contribution in [-0.4, -0.2) is 44.7 Å². The van der Waals surface area contributed by atoms with Crippen molar-refractivity contribution in [2.75, 3.05) is 23.3 Å². The van der Waals surface area contributed by atoms with Crippen molar-refractivity contribution in [3.63, 3.8) is 0 Å². The van der Waals surface area contributed by atoms with Crippen LogP contribution < -0.4 is 15.6 Å². The summed E-state index contributed by atoms with van der Waals surface area (Å²) in [6.45, 7) is 0.946. The van der Waals surface area contributed by atoms with Gasteiger partial charge in [-0.25, -0.2) is 27.9 Å². The van der Waals surface area contributed by atoms with Crippen molar-refractivity contribution < 1.29 is 23.1 Å². The maximum atomic E-state index is 15.2. The molecule has 6 rings (SSSR count). The molecule has 0 bridgehead atoms. The number of hydrogen-bond acceptors (Lipinski definition) is 6. The Bertz CT molecular complexity index is 1650. The molecule has 4 heterocycles. The number of pyridine rings is 3. The molecule has 0 amide bonds. The molecule has 1 saturated heterocycles. The highest BCUT2D eigenvalue weighted by atomic mass is 35.5. The third kappa shape index (κ3) is 3.95. The molecule has 1 aromatic carbocycles. The first-order valence-corrected chi connectivity index (χ1v) is 11.7. The Morgan fingerprint density at radius 1 is 1.05 bits per heavy atom. The lowest BCUT2D eigenvalue weighted by atomic mass is 10.1. The van der Waals surface area contributed by atoms with Gasteiger partial charge in [-0.15, -0.1) is 0 Å². The van der Waals surface area contributed by atoms with Crippen LogP contribution >= 0.6 is 11.6 Å². The zero-order valence-corrected chi connectivity index (χ0v) is 19.6. The molecule has 1 aliphatic carbocycles. The molecule has 0 radical (unpaired) electrons. The van der Waals surface area contributed by atoms with Gasteiger partial charge in [0.1, 0.15) is 28.2 Å². The van der Waals surface area contributed by atoms with Crippen LogP contribution in [0.4, 0.5) is 24.8 Å². The number of aromatic nitrogens is 3. The second-order valence-corrected chi connectivity index (χ2v) is 9.44. The van der Waals surface area contributed by atoms with E-state index in [-0.39, 0.29) is 40.4 Å². The van der Waals surface area contributed by atoms with E-state index in [1.807, 2.05) is 6.07 Å². The topological polar surface area (TPSA) is 100 Å². The zero-order valence-electron chi connectivity index (χ0n) is 18.8. The lowest BCUT2D eigenvalue weighted by Gasteiger charge is -2.23. The summed E-state index contributed by atoms with van der Waals surface area (Å²) in [4.78, 5) is 34.7. The molecule has 3 atom stereocenters. The molecule has 0 spiro atoms. The van der Waals surface area contributed by atoms with Crippen LogP contribution in [0.3, 0.4) is 0 Å². The minimum Gasteiger partial charge on any atom is -0.477 e. The second kappa shape index (κ2) is 8.48. The molecule has 4 aromatic rings. The van der Waals surface area contributed by atoms with Crippen molar-refractivity contribution in [1.29, 1.82) is 0 Å². The molecule has 1 unspecified atom stereocenters. The summed E-state index contributed by atoms with van der Waals surface area (Å²) >= 11 is 5.94. The van der Waals surface area contributed by atoms with Crippen LogP contribution in [0.5, 0.6) is 0 Å². The number of aromatic carboxylic acids is 1. The number of piperidine rings is 1. The van der Waals surface area contributed by atoms with Gasteiger partial charge in [-0.2, -0.15) is 0 Å². The van der Waals surface area contributed by atoms with Gasteiger partial charge in [-0.1, -0.05) is 17.7 Å². The van der Waals surface area contributed by atoms with Gasteiger partial charge in [0.05, 0.1) is 11.1 Å². The minimum atomic E-state index is -1.57. The first-order chi connectivity index (χ1) is 17.7. The van der Waals surface area contributed by atoms with Crippen molar-refractivity contribution >= 4 is 40.2 Å². The summed E-state index contributed by atoms with van der Waals surface area (Å²) in [5, 5.41) is 12.8. The van der Waals surface area contributed by atoms with Gasteiger partial charge in [-0.3, -0.25) is 9.36 Å². The van der Waals surface area contributed by atoms with Crippen LogP contribution in [-0.2, 0) is 0 Å². The van der Waals surface area contributed by atoms with E-state index in [4.69, 9.17) is 11.6 Å². The quantitative estimate of drug-likeness (QED) is 0.377. The van der Waals surface area contributed by atoms with Gasteiger partial charge in [-0.05, 0) is 30.3 Å². The fourth-order valence-corrected chi connectivity index (χ4v) is 5.19. The molecule has 2 aliphatic rings. The average molecular weight is 528 g/mol. The van der Waals surface area contributed by atoms with Crippen LogP contribution in [0, 0.1) is 29.3 Å². The fourth-order valence-electron chi connectivity index (χ4n) is 5.02. The fraction of sp³-hybridized carbons (Fsp3) is 0.200. The highest BCUT2D eigenvalue weighted by Gasteiger charge is 2.56. The summed E-state index contributed by atoms with van der Waals surface area (Å²) in [6, 6.07) is 9.03. The maximum absolute atomic E-state index is 15.2. The van der Waals surface area contributed by atoms with E-state index in [9.17, 15) is 23.5 Å². The zero-order chi connectivity index (χ0) is 26.0. The molecule has 1 saturated carbocycles. The molecular weight excluding hydrogens is 511 g/mol. The van der Waals surface area contributed by atoms with Crippen molar-refractivity contribution in [2.24, 2.45) is 11.8 Å². The monoisotopic (exact) mass is 527 g/mol. The molecule has 2 N–H and O–H groups in total. The Morgan fingerprint density at radius 2 is 1.81 bits per heavy atom. The Hall–Kier alpha value is -4.12. The molecule has 1 aliphatic heterocycles. The molecule has 12 heteroatoms. The Kier molecular flexibility index (Phi) is 5.34. The first kappa shape index (κ1) is 23.3. The standard InChI is InChI=1S/C25H17ClF3N5O3/c26-19-2-1-3-20(30-19)31-21-13-8-33(9-14(13)21)24-17(29)7-12-22(35)15(25(36)37)10-34(23(12)32-24)18-5-4-11(27)6-16(18)28/h1-7,10,13-14,21H,8-9H2,(H,30,31)(H,36,37)/t13-,14+,21?. The van der Waals surface area contributed by atoms with Gasteiger partial charge in [0.15, 0.2) is 17.3 Å². The van der Waals surface area contributed by atoms with Crippen LogP contribution in [0.15, 0.2) is 53.5 Å². The largest absolute Gasteiger partial charge is 0.477 e. The lowest BCUT2D eigenvalue weighted by Crippen LogP contribution is -2.30. The number of nitrogens with one attached hydrogen (secondary N) is 1. The van der Waals surface area contributed by atoms with Gasteiger partial charge in [0.25, 0.3) is 0 Å². The predicted molar refractivity (Wildman–Crippen MR) is 130 cm³/mol. The predicted octanol–water partition coefficient (Wildman–Crippen LogP) is 4.10. The molecule has 8 nitrogen and oxygen atoms in total. The van der Waals surface area contributed by atoms with Crippen molar-refractivity contribution in [1.82, 2.24) is 14.5 Å². The second-order valence-electron chi connectivity index (χ2n) is 9.06. The molecule has 2 fully saturated rings. The molecule has 3 aromatic heterocycles. The third-order valence-electron chi connectivity index (χ3n) is 6.84. The number of anilines is 2. The number of carbonyl (C=O) groups is 1. The van der Waals surface area contributed by atoms with Gasteiger partial charge >= 0.3 is 5.97 Å². The summed E-state index contributed by atoms with van der Waals surface area (Å²) in [5.41, 5.74) is -2.03. The SMILES string of the molecule is O=C(O)c1cn(-c2ccc(F)cc2F)c2nc(N3C[C@@H]4C(Nc5cccc(Cl)n5)[C@@H]4C3)c(F)cc2c1=O. The highest BCUT2D eigenvalue weighted by Crippen LogP contribution is 2.48. The Morgan fingerprint density at radius 3 is 2.49 bits per heavy atom. The first-order valence-electron chi connectivity index (χ1n) is 11.3. The van der Waals surface area contributed by atoms with Gasteiger partial charge in [0.2, 0.25) is 5.43 Å². The molecule has 37 heavy (non-hydrogen) atoms. The number of halogens is 4. The summed E-state index contributed by atoms with van der Waals surface area (Å²) in [5.74, 6) is -3.21. The number of fused-ring (bicyclic) bond motifs is 2. The number of carboxylic acids is 1. The normalized spacial score (nSPS) is 20.2. The number of benzene rings is 1. The van der Waals surface area contributed by atoms with Crippen LogP contribution in [0.25, 0.3) is 16.7 Å². The number of hydrogen-bond donors (Lipinski definition) is 2. The van der Waals surface area contributed by atoms with E-state index in [0.717, 1.165) is 29.0 Å². The number of nitrogens with zero attached hydrogens (tertiary/aromatic N) is 4. The number of rotatable bonds is 5. The van der Waals surface area contributed by atoms with Gasteiger partial charge in [0, 0.05) is 43.2 Å². The van der Waals surface area contributed by atoms with E-state index in [1.54, 1.807) is 17.0 Å². The summed E-state index contributed by atoms with van der Waals surface area (Å²) in [6.07, 6.45) is 0.914. The molecular formula is C25H17ClF3N5O3. The number of carboxylic acid groups (broad SMARTS) is 1. The van der Waals surface area contributed by atoms with E-state index in [2.05, 4.69) is 15.3 Å². The highest BCUT2D eigenvalue weighted by molar-refractivity contribution is 6.29. The molecule has 188 valence electrons. The third-order valence-corrected chi connectivity index (χ3v) is 7.05. The van der Waals surface area contributed by atoms with E-state index >= 15 is 4.39 Å². The Balaban J connectivity index is 1.37. The van der Waals surface area contributed by atoms with E-state index in [1.165, 1.54) is 0 Å². The van der Waals surface area contributed by atoms with Gasteiger partial charge < -0.3 is 15.3 Å². The minimum absolute atomic E-state index is 0.0434. The maximum Gasteiger partial charge on any atom is 0.341 e. The van der Waals surface area contributed by atoms with Crippen molar-refractivity contribution in [3.05, 3.63) is 87.1 Å². The van der Waals surface area contributed by atoms with Crippen LogP contribution in [0.2, 0.25) is 5.15 Å². The van der Waals surface area contributed by atoms with E-state index < -0.39 is 34.4 Å². The summed E-state index contributed by atoms with van der Waals surface area (Å²) in [7, 11) is 0. The summed E-state index contributed by atoms with van der Waals surface area (Å²) < 4.78 is 44.4. The smallest absolute Gasteiger partial charge is 0.341 e. The lowest BCUT2D eigenvalue weighted by molar-refractivity contribution is 0.0695.